The number of carbonyl (C=O) groups excluding carboxylic acids is 1. The van der Waals surface area contributed by atoms with Gasteiger partial charge in [0.25, 0.3) is 0 Å². The molecule has 0 aromatic heterocycles. The van der Waals surface area contributed by atoms with Crippen molar-refractivity contribution in [2.45, 2.75) is 12.3 Å². The largest absolute Gasteiger partial charge is 1.00 e. The second-order valence-corrected chi connectivity index (χ2v) is 8.24. The number of hydrogen-bond donors (Lipinski definition) is 0. The molecular formula is C12H16Li2O8P2. The summed E-state index contributed by atoms with van der Waals surface area (Å²) in [6.45, 7) is 0. The molecule has 0 fully saturated rings. The summed E-state index contributed by atoms with van der Waals surface area (Å²) in [6.07, 6.45) is -0.949. The van der Waals surface area contributed by atoms with Gasteiger partial charge in [-0.1, -0.05) is 6.07 Å². The van der Waals surface area contributed by atoms with E-state index in [0.29, 0.717) is 0 Å². The van der Waals surface area contributed by atoms with Gasteiger partial charge in [0.2, 0.25) is 0 Å². The van der Waals surface area contributed by atoms with Crippen LogP contribution in [0.5, 0.6) is 0 Å². The molecule has 0 saturated carbocycles. The minimum absolute atomic E-state index is 0. The van der Waals surface area contributed by atoms with Crippen molar-refractivity contribution in [2.75, 3.05) is 21.3 Å². The van der Waals surface area contributed by atoms with E-state index in [9.17, 15) is 23.7 Å². The fourth-order valence-electron chi connectivity index (χ4n) is 1.76. The number of ether oxygens (including phenoxy) is 1. The van der Waals surface area contributed by atoms with E-state index in [1.54, 1.807) is 0 Å². The van der Waals surface area contributed by atoms with Crippen molar-refractivity contribution in [3.8, 4) is 0 Å². The van der Waals surface area contributed by atoms with Crippen molar-refractivity contribution in [1.82, 2.24) is 0 Å². The van der Waals surface area contributed by atoms with Crippen molar-refractivity contribution in [3.05, 3.63) is 34.9 Å². The summed E-state index contributed by atoms with van der Waals surface area (Å²) < 4.78 is 36.3. The first-order chi connectivity index (χ1) is 10.1. The Labute approximate surface area is 164 Å². The van der Waals surface area contributed by atoms with Gasteiger partial charge in [0.15, 0.2) is 0 Å². The van der Waals surface area contributed by atoms with Gasteiger partial charge in [-0.2, -0.15) is 0 Å². The number of methoxy groups -OCH3 is 1. The molecule has 0 saturated heterocycles. The molecule has 8 nitrogen and oxygen atoms in total. The Balaban J connectivity index is 0. The zero-order chi connectivity index (χ0) is 17.0. The van der Waals surface area contributed by atoms with Crippen molar-refractivity contribution >= 4 is 21.2 Å². The predicted octanol–water partition coefficient (Wildman–Crippen LogP) is -5.12. The maximum Gasteiger partial charge on any atom is 1.00 e. The molecule has 2 atom stereocenters. The Morgan fingerprint density at radius 1 is 0.917 bits per heavy atom. The molecule has 0 spiro atoms. The first kappa shape index (κ1) is 26.4. The second kappa shape index (κ2) is 11.0. The van der Waals surface area contributed by atoms with Crippen LogP contribution in [0.25, 0.3) is 0 Å². The van der Waals surface area contributed by atoms with Gasteiger partial charge in [0.1, 0.15) is 15.2 Å². The summed E-state index contributed by atoms with van der Waals surface area (Å²) in [5, 5.41) is 0. The smallest absolute Gasteiger partial charge is 0.778 e. The van der Waals surface area contributed by atoms with Crippen LogP contribution < -0.4 is 47.5 Å². The number of carbonyl (C=O) groups is 1. The molecule has 124 valence electrons. The summed E-state index contributed by atoms with van der Waals surface area (Å²) in [5.41, 5.74) is 0.477. The second-order valence-electron chi connectivity index (χ2n) is 4.43. The van der Waals surface area contributed by atoms with E-state index in [-0.39, 0.29) is 54.4 Å². The third-order valence-corrected chi connectivity index (χ3v) is 5.40. The molecule has 0 aliphatic carbocycles. The van der Waals surface area contributed by atoms with Crippen molar-refractivity contribution < 1.29 is 75.2 Å². The summed E-state index contributed by atoms with van der Waals surface area (Å²) in [4.78, 5) is 34.6. The van der Waals surface area contributed by atoms with Gasteiger partial charge in [0, 0.05) is 26.5 Å². The Morgan fingerprint density at radius 2 is 1.29 bits per heavy atom. The van der Waals surface area contributed by atoms with E-state index in [1.165, 1.54) is 18.2 Å². The monoisotopic (exact) mass is 364 g/mol. The van der Waals surface area contributed by atoms with Crippen molar-refractivity contribution in [1.29, 1.82) is 0 Å². The first-order valence-electron chi connectivity index (χ1n) is 6.05. The van der Waals surface area contributed by atoms with Gasteiger partial charge in [-0.25, -0.2) is 4.79 Å². The summed E-state index contributed by atoms with van der Waals surface area (Å²) in [7, 11) is -5.02. The van der Waals surface area contributed by atoms with Crippen LogP contribution in [0.1, 0.15) is 21.5 Å². The van der Waals surface area contributed by atoms with Crippen LogP contribution in [0.2, 0.25) is 0 Å². The molecular weight excluding hydrogens is 348 g/mol. The maximum atomic E-state index is 11.6. The van der Waals surface area contributed by atoms with E-state index < -0.39 is 33.5 Å². The summed E-state index contributed by atoms with van der Waals surface area (Å²) in [5.74, 6) is -0.709. The molecule has 0 radical (unpaired) electrons. The molecule has 0 N–H and O–H groups in total. The molecule has 24 heavy (non-hydrogen) atoms. The SMILES string of the molecule is COC(=O)c1cc(CP(=O)([O-])OC)cc(CP(=O)([O-])OC)c1.[Li+].[Li+]. The van der Waals surface area contributed by atoms with Gasteiger partial charge in [-0.05, 0) is 23.3 Å². The Hall–Kier alpha value is 0.185. The molecule has 0 bridgehead atoms. The van der Waals surface area contributed by atoms with E-state index in [2.05, 4.69) is 13.8 Å². The van der Waals surface area contributed by atoms with E-state index in [1.807, 2.05) is 0 Å². The fourth-order valence-corrected chi connectivity index (χ4v) is 3.27. The molecule has 1 aromatic rings. The number of benzene rings is 1. The minimum atomic E-state index is -4.11. The fraction of sp³-hybridized carbons (Fsp3) is 0.417. The molecule has 0 heterocycles. The third kappa shape index (κ3) is 8.52. The van der Waals surface area contributed by atoms with E-state index >= 15 is 0 Å². The van der Waals surface area contributed by atoms with Crippen molar-refractivity contribution in [3.63, 3.8) is 0 Å². The number of esters is 1. The summed E-state index contributed by atoms with van der Waals surface area (Å²) >= 11 is 0. The molecule has 12 heteroatoms. The molecule has 1 aromatic carbocycles. The normalized spacial score (nSPS) is 15.2. The van der Waals surface area contributed by atoms with E-state index in [0.717, 1.165) is 21.3 Å². The van der Waals surface area contributed by atoms with Gasteiger partial charge < -0.3 is 32.7 Å². The van der Waals surface area contributed by atoms with Crippen LogP contribution in [-0.4, -0.2) is 27.3 Å². The number of hydrogen-bond acceptors (Lipinski definition) is 8. The van der Waals surface area contributed by atoms with Gasteiger partial charge >= 0.3 is 43.7 Å². The zero-order valence-corrected chi connectivity index (χ0v) is 16.1. The summed E-state index contributed by atoms with van der Waals surface area (Å²) in [6, 6.07) is 3.97. The average Bonchev–Trinajstić information content (AvgIpc) is 2.45. The van der Waals surface area contributed by atoms with Crippen LogP contribution in [0.3, 0.4) is 0 Å². The Bertz CT molecular complexity index is 608. The van der Waals surface area contributed by atoms with E-state index in [4.69, 9.17) is 0 Å². The molecule has 1 rings (SSSR count). The average molecular weight is 364 g/mol. The van der Waals surface area contributed by atoms with Gasteiger partial charge in [-0.15, -0.1) is 0 Å². The van der Waals surface area contributed by atoms with Crippen LogP contribution in [0.4, 0.5) is 0 Å². The third-order valence-electron chi connectivity index (χ3n) is 2.78. The molecule has 2 unspecified atom stereocenters. The minimum Gasteiger partial charge on any atom is -0.778 e. The first-order valence-corrected chi connectivity index (χ1v) is 9.51. The number of rotatable bonds is 7. The Kier molecular flexibility index (Phi) is 12.1. The zero-order valence-electron chi connectivity index (χ0n) is 14.3. The topological polar surface area (TPSA) is 125 Å². The molecule has 0 aliphatic rings. The van der Waals surface area contributed by atoms with Crippen LogP contribution in [0, 0.1) is 0 Å². The standard InChI is InChI=1S/C12H18O8P2.2Li/c1-18-12(13)11-5-9(7-21(14,15)19-2)4-10(6-11)8-22(16,17)20-3;;/h4-6H,7-8H2,1-3H3,(H,14,15)(H,16,17);;/q;2*+1/p-2. The predicted molar refractivity (Wildman–Crippen MR) is 74.4 cm³/mol. The van der Waals surface area contributed by atoms with Gasteiger partial charge in [-0.3, -0.25) is 0 Å². The van der Waals surface area contributed by atoms with Crippen LogP contribution >= 0.6 is 15.2 Å². The Morgan fingerprint density at radius 3 is 1.58 bits per heavy atom. The van der Waals surface area contributed by atoms with Gasteiger partial charge in [0.05, 0.1) is 12.7 Å². The molecule has 0 amide bonds. The van der Waals surface area contributed by atoms with Crippen LogP contribution in [0.15, 0.2) is 18.2 Å². The molecule has 0 aliphatic heterocycles. The van der Waals surface area contributed by atoms with Crippen LogP contribution in [-0.2, 0) is 35.2 Å². The van der Waals surface area contributed by atoms with Crippen molar-refractivity contribution in [2.24, 2.45) is 0 Å². The quantitative estimate of drug-likeness (QED) is 0.267. The maximum absolute atomic E-state index is 11.6.